The number of hydrogen-bond acceptors (Lipinski definition) is 5. The van der Waals surface area contributed by atoms with E-state index >= 15 is 0 Å². The summed E-state index contributed by atoms with van der Waals surface area (Å²) in [6.07, 6.45) is 0.419. The first-order valence-electron chi connectivity index (χ1n) is 6.65. The molecule has 21 heavy (non-hydrogen) atoms. The molecule has 112 valence electrons. The van der Waals surface area contributed by atoms with Crippen LogP contribution in [0.5, 0.6) is 0 Å². The Morgan fingerprint density at radius 1 is 1.33 bits per heavy atom. The molecule has 0 unspecified atom stereocenters. The predicted molar refractivity (Wildman–Crippen MR) is 81.2 cm³/mol. The third kappa shape index (κ3) is 3.64. The minimum absolute atomic E-state index is 0.179. The summed E-state index contributed by atoms with van der Waals surface area (Å²) in [4.78, 5) is 36.6. The lowest BCUT2D eigenvalue weighted by molar-refractivity contribution is -0.140. The van der Waals surface area contributed by atoms with Gasteiger partial charge in [0.1, 0.15) is 0 Å². The lowest BCUT2D eigenvalue weighted by Crippen LogP contribution is -2.31. The fourth-order valence-electron chi connectivity index (χ4n) is 2.09. The largest absolute Gasteiger partial charge is 0.469 e. The van der Waals surface area contributed by atoms with Crippen molar-refractivity contribution in [3.05, 3.63) is 29.8 Å². The van der Waals surface area contributed by atoms with Crippen LogP contribution in [0, 0.1) is 6.92 Å². The topological polar surface area (TPSA) is 63.7 Å². The SMILES string of the molecule is COC(=O)CCS[C@@H]1CC(=O)N(c2ccc(C)cc2)C1=O. The van der Waals surface area contributed by atoms with Gasteiger partial charge in [-0.15, -0.1) is 11.8 Å². The maximum atomic E-state index is 12.3. The van der Waals surface area contributed by atoms with Gasteiger partial charge in [0, 0.05) is 12.2 Å². The van der Waals surface area contributed by atoms with E-state index in [1.54, 1.807) is 12.1 Å². The van der Waals surface area contributed by atoms with Crippen LogP contribution in [0.1, 0.15) is 18.4 Å². The minimum atomic E-state index is -0.413. The summed E-state index contributed by atoms with van der Waals surface area (Å²) in [5.74, 6) is -0.245. The van der Waals surface area contributed by atoms with Crippen molar-refractivity contribution in [2.75, 3.05) is 17.8 Å². The number of ether oxygens (including phenoxy) is 1. The number of benzene rings is 1. The average molecular weight is 307 g/mol. The summed E-state index contributed by atoms with van der Waals surface area (Å²) >= 11 is 1.33. The number of hydrogen-bond donors (Lipinski definition) is 0. The summed E-state index contributed by atoms with van der Waals surface area (Å²) in [6, 6.07) is 7.28. The molecule has 0 aromatic heterocycles. The number of amides is 2. The second-order valence-corrected chi connectivity index (χ2v) is 6.10. The van der Waals surface area contributed by atoms with E-state index in [4.69, 9.17) is 0 Å². The monoisotopic (exact) mass is 307 g/mol. The fourth-order valence-corrected chi connectivity index (χ4v) is 3.16. The highest BCUT2D eigenvalue weighted by molar-refractivity contribution is 8.00. The summed E-state index contributed by atoms with van der Waals surface area (Å²) in [5, 5.41) is -0.413. The first-order valence-corrected chi connectivity index (χ1v) is 7.69. The number of imide groups is 1. The molecular formula is C15H17NO4S. The molecule has 1 heterocycles. The van der Waals surface area contributed by atoms with E-state index in [-0.39, 0.29) is 30.6 Å². The Bertz CT molecular complexity index is 555. The predicted octanol–water partition coefficient (Wildman–Crippen LogP) is 1.92. The number of nitrogens with zero attached hydrogens (tertiary/aromatic N) is 1. The van der Waals surface area contributed by atoms with Crippen LogP contribution >= 0.6 is 11.8 Å². The van der Waals surface area contributed by atoms with Gasteiger partial charge in [0.15, 0.2) is 0 Å². The first-order chi connectivity index (χ1) is 10.0. The van der Waals surface area contributed by atoms with Gasteiger partial charge in [0.25, 0.3) is 0 Å². The van der Waals surface area contributed by atoms with Crippen LogP contribution in [0.4, 0.5) is 5.69 Å². The number of thioether (sulfide) groups is 1. The molecule has 2 rings (SSSR count). The lowest BCUT2D eigenvalue weighted by atomic mass is 10.2. The standard InChI is InChI=1S/C15H17NO4S/c1-10-3-5-11(6-4-10)16-13(17)9-12(15(16)19)21-8-7-14(18)20-2/h3-6,12H,7-9H2,1-2H3/t12-/m1/s1. The Morgan fingerprint density at radius 3 is 2.62 bits per heavy atom. The Kier molecular flexibility index (Phi) is 5.01. The zero-order chi connectivity index (χ0) is 15.4. The molecule has 0 bridgehead atoms. The van der Waals surface area contributed by atoms with Crippen LogP contribution in [0.25, 0.3) is 0 Å². The maximum absolute atomic E-state index is 12.3. The van der Waals surface area contributed by atoms with Gasteiger partial charge in [-0.05, 0) is 19.1 Å². The molecule has 2 amide bonds. The Labute approximate surface area is 127 Å². The highest BCUT2D eigenvalue weighted by Crippen LogP contribution is 2.30. The number of carbonyl (C=O) groups is 3. The molecule has 0 N–H and O–H groups in total. The van der Waals surface area contributed by atoms with Crippen molar-refractivity contribution in [1.82, 2.24) is 0 Å². The number of anilines is 1. The molecule has 1 atom stereocenters. The molecule has 1 aromatic rings. The Hall–Kier alpha value is -1.82. The second-order valence-electron chi connectivity index (χ2n) is 4.79. The van der Waals surface area contributed by atoms with Crippen LogP contribution in [-0.2, 0) is 19.1 Å². The number of esters is 1. The van der Waals surface area contributed by atoms with E-state index in [1.807, 2.05) is 19.1 Å². The smallest absolute Gasteiger partial charge is 0.306 e. The highest BCUT2D eigenvalue weighted by atomic mass is 32.2. The van der Waals surface area contributed by atoms with Gasteiger partial charge in [-0.1, -0.05) is 17.7 Å². The van der Waals surface area contributed by atoms with Crippen molar-refractivity contribution in [2.24, 2.45) is 0 Å². The molecule has 0 saturated carbocycles. The molecule has 0 radical (unpaired) electrons. The Balaban J connectivity index is 1.99. The van der Waals surface area contributed by atoms with Crippen LogP contribution in [0.2, 0.25) is 0 Å². The molecule has 1 aliphatic rings. The third-order valence-electron chi connectivity index (χ3n) is 3.25. The van der Waals surface area contributed by atoms with Crippen molar-refractivity contribution in [2.45, 2.75) is 25.0 Å². The van der Waals surface area contributed by atoms with Crippen molar-refractivity contribution >= 4 is 35.2 Å². The second kappa shape index (κ2) is 6.76. The molecule has 6 heteroatoms. The number of methoxy groups -OCH3 is 1. The van der Waals surface area contributed by atoms with E-state index in [2.05, 4.69) is 4.74 Å². The van der Waals surface area contributed by atoms with E-state index in [0.717, 1.165) is 5.56 Å². The molecule has 0 spiro atoms. The number of aryl methyl sites for hydroxylation is 1. The molecule has 0 aliphatic carbocycles. The van der Waals surface area contributed by atoms with Crippen molar-refractivity contribution in [3.8, 4) is 0 Å². The minimum Gasteiger partial charge on any atom is -0.469 e. The first kappa shape index (κ1) is 15.6. The van der Waals surface area contributed by atoms with Crippen LogP contribution < -0.4 is 4.90 Å². The fraction of sp³-hybridized carbons (Fsp3) is 0.400. The molecule has 1 aliphatic heterocycles. The van der Waals surface area contributed by atoms with E-state index in [1.165, 1.54) is 23.8 Å². The summed E-state index contributed by atoms with van der Waals surface area (Å²) in [6.45, 7) is 1.95. The van der Waals surface area contributed by atoms with E-state index in [9.17, 15) is 14.4 Å². The number of carbonyl (C=O) groups excluding carboxylic acids is 3. The normalized spacial score (nSPS) is 18.2. The van der Waals surface area contributed by atoms with Gasteiger partial charge in [0.2, 0.25) is 11.8 Å². The zero-order valence-electron chi connectivity index (χ0n) is 12.0. The lowest BCUT2D eigenvalue weighted by Gasteiger charge is -2.15. The third-order valence-corrected chi connectivity index (χ3v) is 4.46. The molecule has 1 aromatic carbocycles. The van der Waals surface area contributed by atoms with Gasteiger partial charge in [0.05, 0.1) is 24.5 Å². The molecule has 1 saturated heterocycles. The summed E-state index contributed by atoms with van der Waals surface area (Å²) < 4.78 is 4.55. The van der Waals surface area contributed by atoms with Crippen LogP contribution in [-0.4, -0.2) is 35.9 Å². The molecule has 1 fully saturated rings. The van der Waals surface area contributed by atoms with E-state index < -0.39 is 5.25 Å². The molecule has 5 nitrogen and oxygen atoms in total. The van der Waals surface area contributed by atoms with Gasteiger partial charge in [-0.3, -0.25) is 14.4 Å². The van der Waals surface area contributed by atoms with Crippen LogP contribution in [0.15, 0.2) is 24.3 Å². The quantitative estimate of drug-likeness (QED) is 0.614. The maximum Gasteiger partial charge on any atom is 0.306 e. The highest BCUT2D eigenvalue weighted by Gasteiger charge is 2.39. The Morgan fingerprint density at radius 2 is 2.00 bits per heavy atom. The number of rotatable bonds is 5. The van der Waals surface area contributed by atoms with Crippen molar-refractivity contribution < 1.29 is 19.1 Å². The van der Waals surface area contributed by atoms with Gasteiger partial charge in [-0.25, -0.2) is 4.90 Å². The van der Waals surface area contributed by atoms with Crippen molar-refractivity contribution in [1.29, 1.82) is 0 Å². The average Bonchev–Trinajstić information content (AvgIpc) is 2.75. The summed E-state index contributed by atoms with van der Waals surface area (Å²) in [7, 11) is 1.33. The zero-order valence-corrected chi connectivity index (χ0v) is 12.8. The van der Waals surface area contributed by atoms with Gasteiger partial charge >= 0.3 is 5.97 Å². The molecular weight excluding hydrogens is 290 g/mol. The van der Waals surface area contributed by atoms with Gasteiger partial charge in [-0.2, -0.15) is 0 Å². The van der Waals surface area contributed by atoms with Gasteiger partial charge < -0.3 is 4.74 Å². The summed E-state index contributed by atoms with van der Waals surface area (Å²) in [5.41, 5.74) is 1.67. The van der Waals surface area contributed by atoms with Crippen molar-refractivity contribution in [3.63, 3.8) is 0 Å². The van der Waals surface area contributed by atoms with Crippen LogP contribution in [0.3, 0.4) is 0 Å². The van der Waals surface area contributed by atoms with E-state index in [0.29, 0.717) is 11.4 Å².